The lowest BCUT2D eigenvalue weighted by Gasteiger charge is -2.06. The molecule has 3 aromatic heterocycles. The predicted octanol–water partition coefficient (Wildman–Crippen LogP) is 0.0238. The van der Waals surface area contributed by atoms with Crippen molar-refractivity contribution in [3.63, 3.8) is 0 Å². The van der Waals surface area contributed by atoms with Gasteiger partial charge in [0.25, 0.3) is 0 Å². The minimum atomic E-state index is -3.60. The molecule has 0 saturated carbocycles. The Labute approximate surface area is 182 Å². The van der Waals surface area contributed by atoms with Gasteiger partial charge in [-0.15, -0.1) is 0 Å². The number of nitrogens with zero attached hydrogens (tertiary/aromatic N) is 6. The van der Waals surface area contributed by atoms with Crippen LogP contribution in [-0.4, -0.2) is 70.3 Å². The summed E-state index contributed by atoms with van der Waals surface area (Å²) in [6, 6.07) is 1.50. The van der Waals surface area contributed by atoms with Crippen molar-refractivity contribution in [1.82, 2.24) is 29.9 Å². The van der Waals surface area contributed by atoms with E-state index >= 15 is 0 Å². The molecule has 32 heavy (non-hydrogen) atoms. The van der Waals surface area contributed by atoms with E-state index in [1.807, 2.05) is 0 Å². The van der Waals surface area contributed by atoms with Crippen LogP contribution >= 0.6 is 0 Å². The lowest BCUT2D eigenvalue weighted by molar-refractivity contribution is -0.135. The number of carboxylic acid groups (broad SMARTS) is 1. The molecule has 0 spiro atoms. The van der Waals surface area contributed by atoms with E-state index in [4.69, 9.17) is 5.11 Å². The highest BCUT2D eigenvalue weighted by atomic mass is 32.2. The third kappa shape index (κ3) is 5.65. The predicted molar refractivity (Wildman–Crippen MR) is 109 cm³/mol. The van der Waals surface area contributed by atoms with Gasteiger partial charge in [0, 0.05) is 48.4 Å². The summed E-state index contributed by atoms with van der Waals surface area (Å²) in [7, 11) is -7.19. The smallest absolute Gasteiger partial charge is 0.315 e. The van der Waals surface area contributed by atoms with Gasteiger partial charge in [0.1, 0.15) is 6.42 Å². The van der Waals surface area contributed by atoms with Crippen LogP contribution in [-0.2, 0) is 24.5 Å². The fourth-order valence-electron chi connectivity index (χ4n) is 2.28. The van der Waals surface area contributed by atoms with Gasteiger partial charge in [-0.05, 0) is 12.0 Å². The molecule has 0 atom stereocenters. The van der Waals surface area contributed by atoms with Gasteiger partial charge in [0.05, 0.1) is 11.4 Å². The van der Waals surface area contributed by atoms with Crippen LogP contribution in [0.25, 0.3) is 22.5 Å². The number of aromatic nitrogens is 6. The Morgan fingerprint density at radius 1 is 0.844 bits per heavy atom. The van der Waals surface area contributed by atoms with Gasteiger partial charge in [-0.3, -0.25) is 4.79 Å². The van der Waals surface area contributed by atoms with Crippen molar-refractivity contribution in [3.05, 3.63) is 36.7 Å². The van der Waals surface area contributed by atoms with Crippen LogP contribution in [0.1, 0.15) is 12.2 Å². The van der Waals surface area contributed by atoms with Crippen LogP contribution in [0, 0.1) is 11.8 Å². The monoisotopic (exact) mass is 474 g/mol. The summed E-state index contributed by atoms with van der Waals surface area (Å²) in [5.74, 6) is 3.81. The minimum absolute atomic E-state index is 0.0295. The first-order chi connectivity index (χ1) is 14.9. The van der Waals surface area contributed by atoms with Gasteiger partial charge in [0.15, 0.2) is 0 Å². The molecule has 0 aliphatic carbocycles. The number of sulfone groups is 2. The van der Waals surface area contributed by atoms with Gasteiger partial charge in [-0.2, -0.15) is 0 Å². The zero-order valence-electron chi connectivity index (χ0n) is 16.6. The molecule has 0 fully saturated rings. The zero-order valence-corrected chi connectivity index (χ0v) is 18.2. The van der Waals surface area contributed by atoms with Crippen LogP contribution in [0.4, 0.5) is 0 Å². The first kappa shape index (κ1) is 22.8. The standard InChI is InChI=1S/C18H14N6O6S2/c1-31(27,28)17-19-7-11(8-20-17)13-6-14(24-15(23-13)4-3-5-16(25)26)12-9-21-18(22-10-12)32(2,29)30/h6-10H,5H2,1-2H3,(H,25,26). The average Bonchev–Trinajstić information content (AvgIpc) is 2.72. The molecule has 0 amide bonds. The molecule has 0 radical (unpaired) electrons. The second kappa shape index (κ2) is 8.73. The Hall–Kier alpha value is -3.83. The fraction of sp³-hybridized carbons (Fsp3) is 0.167. The Kier molecular flexibility index (Phi) is 6.23. The molecule has 3 rings (SSSR count). The Morgan fingerprint density at radius 2 is 1.25 bits per heavy atom. The van der Waals surface area contributed by atoms with E-state index in [1.165, 1.54) is 30.9 Å². The van der Waals surface area contributed by atoms with E-state index in [0.29, 0.717) is 11.1 Å². The molecule has 0 bridgehead atoms. The summed E-state index contributed by atoms with van der Waals surface area (Å²) < 4.78 is 46.3. The van der Waals surface area contributed by atoms with E-state index in [9.17, 15) is 21.6 Å². The lowest BCUT2D eigenvalue weighted by Crippen LogP contribution is -2.05. The van der Waals surface area contributed by atoms with Crippen molar-refractivity contribution < 1.29 is 26.7 Å². The molecule has 0 aliphatic rings. The SMILES string of the molecule is CS(=O)(=O)c1ncc(-c2cc(-c3cnc(S(C)(=O)=O)nc3)nc(C#CCC(=O)O)n2)cn1. The summed E-state index contributed by atoms with van der Waals surface area (Å²) >= 11 is 0. The van der Waals surface area contributed by atoms with Crippen LogP contribution in [0.3, 0.4) is 0 Å². The Balaban J connectivity index is 2.11. The highest BCUT2D eigenvalue weighted by Gasteiger charge is 2.15. The maximum Gasteiger partial charge on any atom is 0.315 e. The molecule has 3 heterocycles. The number of aliphatic carboxylic acids is 1. The summed E-state index contributed by atoms with van der Waals surface area (Å²) in [5, 5.41) is 8.05. The topological polar surface area (TPSA) is 183 Å². The van der Waals surface area contributed by atoms with Crippen molar-refractivity contribution in [2.45, 2.75) is 16.7 Å². The number of carbonyl (C=O) groups is 1. The van der Waals surface area contributed by atoms with E-state index < -0.39 is 32.1 Å². The molecule has 3 aromatic rings. The minimum Gasteiger partial charge on any atom is -0.481 e. The van der Waals surface area contributed by atoms with Crippen molar-refractivity contribution in [1.29, 1.82) is 0 Å². The van der Waals surface area contributed by atoms with Crippen LogP contribution in [0.15, 0.2) is 41.2 Å². The fourth-order valence-corrected chi connectivity index (χ4v) is 3.25. The Morgan fingerprint density at radius 3 is 1.59 bits per heavy atom. The van der Waals surface area contributed by atoms with Crippen LogP contribution in [0.2, 0.25) is 0 Å². The number of carboxylic acids is 1. The largest absolute Gasteiger partial charge is 0.481 e. The quantitative estimate of drug-likeness (QED) is 0.387. The van der Waals surface area contributed by atoms with Gasteiger partial charge >= 0.3 is 5.97 Å². The maximum atomic E-state index is 11.6. The molecule has 14 heteroatoms. The van der Waals surface area contributed by atoms with E-state index in [-0.39, 0.29) is 27.5 Å². The van der Waals surface area contributed by atoms with Crippen molar-refractivity contribution in [2.24, 2.45) is 0 Å². The number of hydrogen-bond donors (Lipinski definition) is 1. The molecule has 164 valence electrons. The third-order valence-electron chi connectivity index (χ3n) is 3.68. The highest BCUT2D eigenvalue weighted by molar-refractivity contribution is 7.90. The van der Waals surface area contributed by atoms with E-state index in [1.54, 1.807) is 0 Å². The lowest BCUT2D eigenvalue weighted by atomic mass is 10.1. The molecular formula is C18H14N6O6S2. The highest BCUT2D eigenvalue weighted by Crippen LogP contribution is 2.23. The van der Waals surface area contributed by atoms with Crippen LogP contribution < -0.4 is 0 Å². The Bertz CT molecular complexity index is 1370. The second-order valence-electron chi connectivity index (χ2n) is 6.39. The second-order valence-corrected chi connectivity index (χ2v) is 10.2. The summed E-state index contributed by atoms with van der Waals surface area (Å²) in [5.41, 5.74) is 1.22. The molecule has 0 unspecified atom stereocenters. The number of hydrogen-bond acceptors (Lipinski definition) is 11. The van der Waals surface area contributed by atoms with E-state index in [0.717, 1.165) is 12.5 Å². The zero-order chi connectivity index (χ0) is 23.5. The number of rotatable bonds is 5. The average molecular weight is 474 g/mol. The first-order valence-electron chi connectivity index (χ1n) is 8.58. The van der Waals surface area contributed by atoms with Crippen molar-refractivity contribution in [2.75, 3.05) is 12.5 Å². The summed E-state index contributed by atoms with van der Waals surface area (Å²) in [6.45, 7) is 0. The van der Waals surface area contributed by atoms with Gasteiger partial charge in [-0.25, -0.2) is 46.7 Å². The van der Waals surface area contributed by atoms with Gasteiger partial charge < -0.3 is 5.11 Å². The molecule has 0 aromatic carbocycles. The van der Waals surface area contributed by atoms with Crippen LogP contribution in [0.5, 0.6) is 0 Å². The summed E-state index contributed by atoms with van der Waals surface area (Å²) in [4.78, 5) is 34.5. The molecule has 1 N–H and O–H groups in total. The maximum absolute atomic E-state index is 11.6. The summed E-state index contributed by atoms with van der Waals surface area (Å²) in [6.07, 6.45) is 6.55. The van der Waals surface area contributed by atoms with Gasteiger partial charge in [0.2, 0.25) is 35.8 Å². The third-order valence-corrected chi connectivity index (χ3v) is 5.43. The molecule has 0 saturated heterocycles. The first-order valence-corrected chi connectivity index (χ1v) is 12.4. The molecular weight excluding hydrogens is 460 g/mol. The van der Waals surface area contributed by atoms with Crippen molar-refractivity contribution >= 4 is 25.6 Å². The van der Waals surface area contributed by atoms with E-state index in [2.05, 4.69) is 41.7 Å². The molecule has 0 aliphatic heterocycles. The normalized spacial score (nSPS) is 11.4. The van der Waals surface area contributed by atoms with Gasteiger partial charge in [-0.1, -0.05) is 5.92 Å². The molecule has 12 nitrogen and oxygen atoms in total. The van der Waals surface area contributed by atoms with Crippen molar-refractivity contribution in [3.8, 4) is 34.4 Å².